The summed E-state index contributed by atoms with van der Waals surface area (Å²) in [5.41, 5.74) is 2.09. The van der Waals surface area contributed by atoms with E-state index in [1.807, 2.05) is 31.3 Å². The number of ether oxygens (including phenoxy) is 1. The number of nitrogens with one attached hydrogen (secondary N) is 1. The third-order valence-corrected chi connectivity index (χ3v) is 2.49. The number of alkyl halides is 3. The molecular weight excluding hydrogens is 243 g/mol. The number of likely N-dealkylation sites (N-methyl/N-ethyl adjacent to an activating group) is 1. The Morgan fingerprint density at radius 3 is 2.28 bits per heavy atom. The van der Waals surface area contributed by atoms with Crippen molar-refractivity contribution in [3.05, 3.63) is 35.4 Å². The van der Waals surface area contributed by atoms with Crippen LogP contribution in [0.2, 0.25) is 0 Å². The van der Waals surface area contributed by atoms with E-state index in [9.17, 15) is 13.2 Å². The maximum atomic E-state index is 11.9. The number of benzene rings is 1. The minimum absolute atomic E-state index is 0.225. The molecule has 0 aliphatic rings. The first-order valence-electron chi connectivity index (χ1n) is 5.88. The summed E-state index contributed by atoms with van der Waals surface area (Å²) in [6.45, 7) is 0.842. The second-order valence-electron chi connectivity index (χ2n) is 4.09. The Morgan fingerprint density at radius 2 is 1.72 bits per heavy atom. The summed E-state index contributed by atoms with van der Waals surface area (Å²) < 4.78 is 40.6. The Bertz CT molecular complexity index is 335. The van der Waals surface area contributed by atoms with E-state index in [2.05, 4.69) is 5.32 Å². The van der Waals surface area contributed by atoms with Crippen molar-refractivity contribution in [2.24, 2.45) is 0 Å². The average Bonchev–Trinajstić information content (AvgIpc) is 2.32. The lowest BCUT2D eigenvalue weighted by molar-refractivity contribution is -0.146. The monoisotopic (exact) mass is 261 g/mol. The van der Waals surface area contributed by atoms with E-state index in [4.69, 9.17) is 4.74 Å². The number of hydrogen-bond donors (Lipinski definition) is 1. The Balaban J connectivity index is 2.26. The molecule has 2 nitrogen and oxygen atoms in total. The van der Waals surface area contributed by atoms with Crippen molar-refractivity contribution < 1.29 is 17.9 Å². The van der Waals surface area contributed by atoms with Crippen molar-refractivity contribution in [1.29, 1.82) is 0 Å². The van der Waals surface area contributed by atoms with Crippen LogP contribution in [-0.2, 0) is 17.8 Å². The molecule has 0 bridgehead atoms. The van der Waals surface area contributed by atoms with Gasteiger partial charge in [-0.1, -0.05) is 24.3 Å². The molecule has 0 unspecified atom stereocenters. The van der Waals surface area contributed by atoms with Crippen molar-refractivity contribution in [1.82, 2.24) is 5.32 Å². The quantitative estimate of drug-likeness (QED) is 0.762. The zero-order valence-corrected chi connectivity index (χ0v) is 10.4. The molecule has 0 fully saturated rings. The van der Waals surface area contributed by atoms with E-state index in [-0.39, 0.29) is 13.2 Å². The molecule has 1 rings (SSSR count). The van der Waals surface area contributed by atoms with Crippen molar-refractivity contribution >= 4 is 0 Å². The van der Waals surface area contributed by atoms with Gasteiger partial charge in [-0.25, -0.2) is 0 Å². The van der Waals surface area contributed by atoms with Crippen molar-refractivity contribution in [2.45, 2.75) is 25.6 Å². The van der Waals surface area contributed by atoms with Crippen molar-refractivity contribution in [3.63, 3.8) is 0 Å². The second-order valence-corrected chi connectivity index (χ2v) is 4.09. The van der Waals surface area contributed by atoms with Crippen LogP contribution in [0.25, 0.3) is 0 Å². The van der Waals surface area contributed by atoms with Gasteiger partial charge in [0.15, 0.2) is 0 Å². The van der Waals surface area contributed by atoms with E-state index < -0.39 is 12.6 Å². The maximum absolute atomic E-state index is 11.9. The molecular formula is C13H18F3NO. The molecule has 5 heteroatoms. The molecule has 0 aliphatic heterocycles. The molecule has 0 heterocycles. The van der Waals surface area contributed by atoms with Gasteiger partial charge in [0.1, 0.15) is 0 Å². The largest absolute Gasteiger partial charge is 0.391 e. The van der Waals surface area contributed by atoms with Crippen LogP contribution < -0.4 is 5.32 Å². The highest BCUT2D eigenvalue weighted by atomic mass is 19.4. The van der Waals surface area contributed by atoms with Gasteiger partial charge in [0.25, 0.3) is 0 Å². The fraction of sp³-hybridized carbons (Fsp3) is 0.538. The summed E-state index contributed by atoms with van der Waals surface area (Å²) >= 11 is 0. The second kappa shape index (κ2) is 7.38. The number of hydrogen-bond acceptors (Lipinski definition) is 2. The molecule has 1 aromatic rings. The van der Waals surface area contributed by atoms with Crippen LogP contribution in [0.15, 0.2) is 24.3 Å². The van der Waals surface area contributed by atoms with Crippen LogP contribution >= 0.6 is 0 Å². The summed E-state index contributed by atoms with van der Waals surface area (Å²) in [4.78, 5) is 0. The molecule has 0 radical (unpaired) electrons. The Hall–Kier alpha value is -1.07. The Labute approximate surface area is 105 Å². The maximum Gasteiger partial charge on any atom is 0.391 e. The average molecular weight is 261 g/mol. The lowest BCUT2D eigenvalue weighted by Gasteiger charge is -2.08. The van der Waals surface area contributed by atoms with Gasteiger partial charge >= 0.3 is 6.18 Å². The Morgan fingerprint density at radius 1 is 1.11 bits per heavy atom. The molecule has 0 amide bonds. The van der Waals surface area contributed by atoms with E-state index >= 15 is 0 Å². The first-order chi connectivity index (χ1) is 8.51. The van der Waals surface area contributed by atoms with Crippen LogP contribution in [-0.4, -0.2) is 26.4 Å². The molecule has 102 valence electrons. The molecule has 18 heavy (non-hydrogen) atoms. The van der Waals surface area contributed by atoms with Gasteiger partial charge in [-0.2, -0.15) is 13.2 Å². The third kappa shape index (κ3) is 6.61. The molecule has 1 aromatic carbocycles. The minimum Gasteiger partial charge on any atom is -0.376 e. The lowest BCUT2D eigenvalue weighted by atomic mass is 10.1. The van der Waals surface area contributed by atoms with Gasteiger partial charge in [0.05, 0.1) is 19.6 Å². The predicted octanol–water partition coefficient (Wildman–Crippen LogP) is 2.92. The van der Waals surface area contributed by atoms with E-state index in [0.717, 1.165) is 18.5 Å². The highest BCUT2D eigenvalue weighted by Crippen LogP contribution is 2.19. The molecule has 0 saturated heterocycles. The zero-order chi connectivity index (χ0) is 13.4. The first-order valence-corrected chi connectivity index (χ1v) is 5.88. The topological polar surface area (TPSA) is 21.3 Å². The van der Waals surface area contributed by atoms with Gasteiger partial charge in [-0.05, 0) is 31.1 Å². The minimum atomic E-state index is -4.14. The standard InChI is InChI=1S/C13H18F3NO/c1-17-8-6-11-2-4-12(5-3-11)10-18-9-7-13(14,15)16/h2-5,17H,6-10H2,1H3. The molecule has 0 spiro atoms. The van der Waals surface area contributed by atoms with Gasteiger partial charge in [0, 0.05) is 0 Å². The van der Waals surface area contributed by atoms with Gasteiger partial charge < -0.3 is 10.1 Å². The van der Waals surface area contributed by atoms with E-state index in [1.54, 1.807) is 0 Å². The van der Waals surface area contributed by atoms with E-state index in [0.29, 0.717) is 0 Å². The highest BCUT2D eigenvalue weighted by molar-refractivity contribution is 5.22. The fourth-order valence-corrected chi connectivity index (χ4v) is 1.45. The first kappa shape index (κ1) is 15.0. The third-order valence-electron chi connectivity index (χ3n) is 2.49. The predicted molar refractivity (Wildman–Crippen MR) is 64.4 cm³/mol. The van der Waals surface area contributed by atoms with Gasteiger partial charge in [-0.3, -0.25) is 0 Å². The summed E-state index contributed by atoms with van der Waals surface area (Å²) in [6, 6.07) is 7.72. The van der Waals surface area contributed by atoms with Crippen LogP contribution in [0.5, 0.6) is 0 Å². The smallest absolute Gasteiger partial charge is 0.376 e. The Kier molecular flexibility index (Phi) is 6.15. The summed E-state index contributed by atoms with van der Waals surface area (Å²) in [7, 11) is 1.89. The zero-order valence-electron chi connectivity index (χ0n) is 10.4. The van der Waals surface area contributed by atoms with Gasteiger partial charge in [0.2, 0.25) is 0 Å². The number of halogens is 3. The van der Waals surface area contributed by atoms with Gasteiger partial charge in [-0.15, -0.1) is 0 Å². The lowest BCUT2D eigenvalue weighted by Crippen LogP contribution is -2.11. The van der Waals surface area contributed by atoms with Crippen LogP contribution in [0.1, 0.15) is 17.5 Å². The normalized spacial score (nSPS) is 11.8. The molecule has 0 aliphatic carbocycles. The molecule has 0 atom stereocenters. The van der Waals surface area contributed by atoms with Crippen LogP contribution in [0.4, 0.5) is 13.2 Å². The van der Waals surface area contributed by atoms with Crippen LogP contribution in [0, 0.1) is 0 Å². The molecule has 0 saturated carbocycles. The van der Waals surface area contributed by atoms with Crippen LogP contribution in [0.3, 0.4) is 0 Å². The number of rotatable bonds is 7. The van der Waals surface area contributed by atoms with E-state index in [1.165, 1.54) is 5.56 Å². The highest BCUT2D eigenvalue weighted by Gasteiger charge is 2.26. The molecule has 1 N–H and O–H groups in total. The fourth-order valence-electron chi connectivity index (χ4n) is 1.45. The van der Waals surface area contributed by atoms with Crippen molar-refractivity contribution in [2.75, 3.05) is 20.2 Å². The summed E-state index contributed by atoms with van der Waals surface area (Å²) in [5.74, 6) is 0. The molecule has 0 aromatic heterocycles. The SMILES string of the molecule is CNCCc1ccc(COCCC(F)(F)F)cc1. The van der Waals surface area contributed by atoms with Crippen molar-refractivity contribution in [3.8, 4) is 0 Å². The summed E-state index contributed by atoms with van der Waals surface area (Å²) in [6.07, 6.45) is -4.10. The summed E-state index contributed by atoms with van der Waals surface area (Å²) in [5, 5.41) is 3.06.